The van der Waals surface area contributed by atoms with Gasteiger partial charge in [-0.2, -0.15) is 15.1 Å². The fourth-order valence-corrected chi connectivity index (χ4v) is 4.09. The van der Waals surface area contributed by atoms with Gasteiger partial charge in [0.2, 0.25) is 5.28 Å². The van der Waals surface area contributed by atoms with Crippen LogP contribution in [0.1, 0.15) is 17.4 Å². The molecule has 178 valence electrons. The second kappa shape index (κ2) is 9.61. The number of fused-ring (bicyclic) bond motifs is 1. The van der Waals surface area contributed by atoms with E-state index in [2.05, 4.69) is 20.4 Å². The van der Waals surface area contributed by atoms with Crippen LogP contribution >= 0.6 is 19.2 Å². The first-order valence-electron chi connectivity index (χ1n) is 9.96. The summed E-state index contributed by atoms with van der Waals surface area (Å²) in [5.74, 6) is 0.437. The minimum absolute atomic E-state index is 0.0504. The van der Waals surface area contributed by atoms with Gasteiger partial charge in [-0.25, -0.2) is 4.68 Å². The molecule has 2 aromatic heterocycles. The van der Waals surface area contributed by atoms with Gasteiger partial charge in [0.15, 0.2) is 11.9 Å². The number of halogens is 1. The molecule has 4 atom stereocenters. The lowest BCUT2D eigenvalue weighted by Crippen LogP contribution is -2.34. The van der Waals surface area contributed by atoms with Gasteiger partial charge in [-0.1, -0.05) is 29.8 Å². The van der Waals surface area contributed by atoms with Crippen LogP contribution in [0.25, 0.3) is 11.0 Å². The number of anilines is 1. The van der Waals surface area contributed by atoms with E-state index in [4.69, 9.17) is 30.9 Å². The van der Waals surface area contributed by atoms with E-state index in [-0.39, 0.29) is 17.5 Å². The van der Waals surface area contributed by atoms with E-state index in [1.54, 1.807) is 0 Å². The van der Waals surface area contributed by atoms with Gasteiger partial charge < -0.3 is 34.8 Å². The first-order valence-corrected chi connectivity index (χ1v) is 12.1. The van der Waals surface area contributed by atoms with E-state index in [0.717, 1.165) is 11.1 Å². The molecule has 5 N–H and O–H groups in total. The lowest BCUT2D eigenvalue weighted by Gasteiger charge is -2.16. The zero-order chi connectivity index (χ0) is 23.8. The Morgan fingerprint density at radius 3 is 2.79 bits per heavy atom. The molecule has 0 spiro atoms. The molecule has 12 nitrogen and oxygen atoms in total. The van der Waals surface area contributed by atoms with Gasteiger partial charge in [0.25, 0.3) is 0 Å². The SMILES string of the molecule is Cc1cccc(CNc2nc(Cl)nc3c2cnn3[C@@H]2O[C@H](COCP(=O)(O)O)[C@@H](O)[C@H]2O)c1. The Hall–Kier alpha value is -2.15. The molecule has 0 amide bonds. The van der Waals surface area contributed by atoms with Crippen molar-refractivity contribution in [3.63, 3.8) is 0 Å². The third kappa shape index (κ3) is 5.51. The van der Waals surface area contributed by atoms with Gasteiger partial charge in [0.1, 0.15) is 30.5 Å². The molecule has 1 aliphatic heterocycles. The summed E-state index contributed by atoms with van der Waals surface area (Å²) in [7, 11) is -4.37. The first kappa shape index (κ1) is 24.0. The Morgan fingerprint density at radius 1 is 1.27 bits per heavy atom. The van der Waals surface area contributed by atoms with Crippen LogP contribution in [0.3, 0.4) is 0 Å². The average molecular weight is 500 g/mol. The molecule has 1 saturated heterocycles. The quantitative estimate of drug-likeness (QED) is 0.222. The summed E-state index contributed by atoms with van der Waals surface area (Å²) in [5, 5.41) is 28.7. The van der Waals surface area contributed by atoms with Crippen molar-refractivity contribution in [2.75, 3.05) is 18.3 Å². The van der Waals surface area contributed by atoms with Crippen LogP contribution in [0.4, 0.5) is 5.82 Å². The second-order valence-corrected chi connectivity index (χ2v) is 9.65. The number of hydrogen-bond donors (Lipinski definition) is 5. The number of aliphatic hydroxyl groups excluding tert-OH is 2. The molecular weight excluding hydrogens is 477 g/mol. The van der Waals surface area contributed by atoms with Gasteiger partial charge in [0.05, 0.1) is 18.2 Å². The molecule has 0 saturated carbocycles. The highest BCUT2D eigenvalue weighted by Gasteiger charge is 2.45. The smallest absolute Gasteiger partial charge is 0.350 e. The van der Waals surface area contributed by atoms with Gasteiger partial charge in [-0.05, 0) is 24.1 Å². The normalized spacial score (nSPS) is 23.3. The van der Waals surface area contributed by atoms with Gasteiger partial charge in [-0.15, -0.1) is 0 Å². The molecule has 1 aliphatic rings. The largest absolute Gasteiger partial charge is 0.387 e. The fraction of sp³-hybridized carbons (Fsp3) is 0.421. The van der Waals surface area contributed by atoms with Crippen LogP contribution < -0.4 is 5.32 Å². The number of aromatic nitrogens is 4. The standard InChI is InChI=1S/C19H23ClN5O7P/c1-10-3-2-4-11(5-10)6-21-16-12-7-22-25(17(12)24-19(20)23-16)18-15(27)14(26)13(32-18)8-31-9-33(28,29)30/h2-5,7,13-15,18,26-27H,6,8-9H2,1H3,(H,21,23,24)(H2,28,29,30)/t13-,14-,15-,18-/m1/s1. The number of benzene rings is 1. The van der Waals surface area contributed by atoms with Crippen LogP contribution in [0.15, 0.2) is 30.5 Å². The third-order valence-electron chi connectivity index (χ3n) is 5.09. The molecule has 4 rings (SSSR count). The summed E-state index contributed by atoms with van der Waals surface area (Å²) in [6, 6.07) is 7.97. The van der Waals surface area contributed by atoms with E-state index >= 15 is 0 Å². The van der Waals surface area contributed by atoms with E-state index in [1.165, 1.54) is 10.9 Å². The maximum Gasteiger partial charge on any atom is 0.350 e. The van der Waals surface area contributed by atoms with Crippen molar-refractivity contribution in [3.05, 3.63) is 46.9 Å². The summed E-state index contributed by atoms with van der Waals surface area (Å²) in [5.41, 5.74) is 2.44. The zero-order valence-corrected chi connectivity index (χ0v) is 19.1. The second-order valence-electron chi connectivity index (χ2n) is 7.72. The monoisotopic (exact) mass is 499 g/mol. The maximum atomic E-state index is 10.9. The van der Waals surface area contributed by atoms with Crippen molar-refractivity contribution < 1.29 is 34.0 Å². The van der Waals surface area contributed by atoms with Crippen molar-refractivity contribution in [2.24, 2.45) is 0 Å². The molecule has 33 heavy (non-hydrogen) atoms. The predicted octanol–water partition coefficient (Wildman–Crippen LogP) is 1.17. The summed E-state index contributed by atoms with van der Waals surface area (Å²) in [6.45, 7) is 2.15. The number of hydrogen-bond acceptors (Lipinski definition) is 9. The Morgan fingerprint density at radius 2 is 2.06 bits per heavy atom. The number of nitrogens with zero attached hydrogens (tertiary/aromatic N) is 4. The highest BCUT2D eigenvalue weighted by atomic mass is 35.5. The Balaban J connectivity index is 1.54. The molecule has 0 unspecified atom stereocenters. The van der Waals surface area contributed by atoms with Crippen LogP contribution in [-0.4, -0.2) is 71.0 Å². The predicted molar refractivity (Wildman–Crippen MR) is 118 cm³/mol. The van der Waals surface area contributed by atoms with Crippen LogP contribution in [-0.2, 0) is 20.6 Å². The third-order valence-corrected chi connectivity index (χ3v) is 5.78. The van der Waals surface area contributed by atoms with Crippen LogP contribution in [0, 0.1) is 6.92 Å². The molecule has 0 bridgehead atoms. The molecule has 14 heteroatoms. The summed E-state index contributed by atoms with van der Waals surface area (Å²) in [6.07, 6.45) is -4.27. The lowest BCUT2D eigenvalue weighted by molar-refractivity contribution is -0.0658. The summed E-state index contributed by atoms with van der Waals surface area (Å²) >= 11 is 6.12. The highest BCUT2D eigenvalue weighted by molar-refractivity contribution is 7.51. The number of nitrogens with one attached hydrogen (secondary N) is 1. The molecular formula is C19H23ClN5O7P. The molecule has 0 aliphatic carbocycles. The fourth-order valence-electron chi connectivity index (χ4n) is 3.58. The van der Waals surface area contributed by atoms with E-state index in [0.29, 0.717) is 17.7 Å². The Kier molecular flexibility index (Phi) is 6.99. The topological polar surface area (TPSA) is 172 Å². The number of rotatable bonds is 8. The Bertz CT molecular complexity index is 1190. The van der Waals surface area contributed by atoms with E-state index in [1.807, 2.05) is 31.2 Å². The number of ether oxygens (including phenoxy) is 2. The minimum Gasteiger partial charge on any atom is -0.387 e. The number of aryl methyl sites for hydroxylation is 1. The molecule has 1 fully saturated rings. The molecule has 3 heterocycles. The van der Waals surface area contributed by atoms with Crippen molar-refractivity contribution in [1.82, 2.24) is 19.7 Å². The number of aliphatic hydroxyl groups is 2. The van der Waals surface area contributed by atoms with Crippen LogP contribution in [0.5, 0.6) is 0 Å². The zero-order valence-electron chi connectivity index (χ0n) is 17.4. The lowest BCUT2D eigenvalue weighted by atomic mass is 10.1. The molecule has 3 aromatic rings. The van der Waals surface area contributed by atoms with Crippen LogP contribution in [0.2, 0.25) is 5.28 Å². The minimum atomic E-state index is -4.37. The van der Waals surface area contributed by atoms with Crippen molar-refractivity contribution in [3.8, 4) is 0 Å². The van der Waals surface area contributed by atoms with E-state index in [9.17, 15) is 14.8 Å². The summed E-state index contributed by atoms with van der Waals surface area (Å²) < 4.78 is 22.8. The first-order chi connectivity index (χ1) is 15.6. The molecule has 0 radical (unpaired) electrons. The highest BCUT2D eigenvalue weighted by Crippen LogP contribution is 2.36. The van der Waals surface area contributed by atoms with Gasteiger partial charge >= 0.3 is 7.60 Å². The average Bonchev–Trinajstić information content (AvgIpc) is 3.27. The maximum absolute atomic E-state index is 10.9. The van der Waals surface area contributed by atoms with Gasteiger partial charge in [-0.3, -0.25) is 4.57 Å². The molecule has 1 aromatic carbocycles. The van der Waals surface area contributed by atoms with Gasteiger partial charge in [0, 0.05) is 6.54 Å². The van der Waals surface area contributed by atoms with E-state index < -0.39 is 38.5 Å². The van der Waals surface area contributed by atoms with Crippen molar-refractivity contribution >= 4 is 36.0 Å². The Labute approximate surface area is 193 Å². The van der Waals surface area contributed by atoms with Crippen molar-refractivity contribution in [1.29, 1.82) is 0 Å². The van der Waals surface area contributed by atoms with Crippen molar-refractivity contribution in [2.45, 2.75) is 38.0 Å². The summed E-state index contributed by atoms with van der Waals surface area (Å²) in [4.78, 5) is 26.2.